The van der Waals surface area contributed by atoms with Gasteiger partial charge in [0.1, 0.15) is 13.2 Å². The summed E-state index contributed by atoms with van der Waals surface area (Å²) in [7, 11) is 0. The van der Waals surface area contributed by atoms with E-state index in [1.807, 2.05) is 0 Å². The number of hydrogen-bond donors (Lipinski definition) is 0. The minimum atomic E-state index is -0.781. The molecule has 0 amide bonds. The van der Waals surface area contributed by atoms with Gasteiger partial charge in [0.25, 0.3) is 0 Å². The van der Waals surface area contributed by atoms with Crippen LogP contribution < -0.4 is 0 Å². The second-order valence-corrected chi connectivity index (χ2v) is 22.0. The highest BCUT2D eigenvalue weighted by atomic mass is 16.6. The van der Waals surface area contributed by atoms with Crippen molar-refractivity contribution in [1.29, 1.82) is 0 Å². The summed E-state index contributed by atoms with van der Waals surface area (Å²) in [4.78, 5) is 38.3. The third-order valence-electron chi connectivity index (χ3n) is 14.6. The smallest absolute Gasteiger partial charge is 0.306 e. The number of rotatable bonds is 60. The van der Waals surface area contributed by atoms with Crippen LogP contribution in [0.15, 0.2) is 48.6 Å². The quantitative estimate of drug-likeness (QED) is 0.0261. The van der Waals surface area contributed by atoms with E-state index in [1.54, 1.807) is 0 Å². The number of allylic oxidation sites excluding steroid dienone is 8. The van der Waals surface area contributed by atoms with Crippen molar-refractivity contribution >= 4 is 17.9 Å². The molecule has 0 heterocycles. The zero-order valence-electron chi connectivity index (χ0n) is 49.6. The molecule has 6 heteroatoms. The summed E-state index contributed by atoms with van der Waals surface area (Å²) in [5.41, 5.74) is 0. The molecule has 432 valence electrons. The molecule has 0 saturated carbocycles. The van der Waals surface area contributed by atoms with Crippen LogP contribution >= 0.6 is 0 Å². The molecule has 74 heavy (non-hydrogen) atoms. The highest BCUT2D eigenvalue weighted by Gasteiger charge is 2.19. The number of hydrogen-bond acceptors (Lipinski definition) is 6. The second kappa shape index (κ2) is 62.9. The molecule has 0 N–H and O–H groups in total. The number of carbonyl (C=O) groups is 3. The van der Waals surface area contributed by atoms with Gasteiger partial charge in [-0.15, -0.1) is 0 Å². The van der Waals surface area contributed by atoms with Crippen molar-refractivity contribution in [3.8, 4) is 0 Å². The third kappa shape index (κ3) is 60.2. The topological polar surface area (TPSA) is 78.9 Å². The Kier molecular flexibility index (Phi) is 60.7. The van der Waals surface area contributed by atoms with Crippen LogP contribution in [0.25, 0.3) is 0 Å². The summed E-state index contributed by atoms with van der Waals surface area (Å²) in [5, 5.41) is 0. The monoisotopic (exact) mass is 1040 g/mol. The molecule has 0 fully saturated rings. The molecule has 0 aromatic rings. The van der Waals surface area contributed by atoms with E-state index in [2.05, 4.69) is 69.4 Å². The number of ether oxygens (including phenoxy) is 3. The molecule has 0 radical (unpaired) electrons. The van der Waals surface area contributed by atoms with E-state index in [0.29, 0.717) is 19.3 Å². The molecule has 0 aliphatic heterocycles. The van der Waals surface area contributed by atoms with E-state index < -0.39 is 6.10 Å². The standard InChI is InChI=1S/C68H124O6/c1-4-7-10-13-16-19-22-25-28-31-32-33-34-35-36-38-40-43-46-49-52-55-58-61-67(70)73-64-65(63-72-66(69)60-57-54-51-48-45-42-39-30-27-24-21-18-15-12-9-6-3)74-68(71)62-59-56-53-50-47-44-41-37-29-26-23-20-17-14-11-8-5-2/h8,11,17,20,26,29-30,39,65H,4-7,9-10,12-16,18-19,21-25,27-28,31-38,40-64H2,1-3H3/b11-8-,20-17-,29-26-,39-30-. The molecule has 1 unspecified atom stereocenters. The van der Waals surface area contributed by atoms with Gasteiger partial charge in [0.05, 0.1) is 0 Å². The summed E-state index contributed by atoms with van der Waals surface area (Å²) in [6.45, 7) is 6.57. The Morgan fingerprint density at radius 2 is 0.527 bits per heavy atom. The first-order valence-electron chi connectivity index (χ1n) is 32.6. The second-order valence-electron chi connectivity index (χ2n) is 22.0. The van der Waals surface area contributed by atoms with Crippen LogP contribution in [0.1, 0.15) is 348 Å². The predicted octanol–water partition coefficient (Wildman–Crippen LogP) is 22.2. The molecule has 0 spiro atoms. The van der Waals surface area contributed by atoms with Gasteiger partial charge in [-0.05, 0) is 77.0 Å². The highest BCUT2D eigenvalue weighted by molar-refractivity contribution is 5.71. The van der Waals surface area contributed by atoms with E-state index in [9.17, 15) is 14.4 Å². The maximum atomic E-state index is 12.9. The van der Waals surface area contributed by atoms with Gasteiger partial charge in [-0.1, -0.05) is 301 Å². The zero-order chi connectivity index (χ0) is 53.6. The van der Waals surface area contributed by atoms with Gasteiger partial charge in [-0.25, -0.2) is 0 Å². The molecule has 0 aliphatic carbocycles. The van der Waals surface area contributed by atoms with Crippen molar-refractivity contribution in [2.75, 3.05) is 13.2 Å². The van der Waals surface area contributed by atoms with Crippen molar-refractivity contribution in [2.24, 2.45) is 0 Å². The molecule has 6 nitrogen and oxygen atoms in total. The first kappa shape index (κ1) is 71.4. The molecular formula is C68H124O6. The van der Waals surface area contributed by atoms with Crippen LogP contribution in [0.2, 0.25) is 0 Å². The number of carbonyl (C=O) groups excluding carboxylic acids is 3. The van der Waals surface area contributed by atoms with Gasteiger partial charge in [-0.3, -0.25) is 14.4 Å². The van der Waals surface area contributed by atoms with Crippen molar-refractivity contribution in [3.63, 3.8) is 0 Å². The summed E-state index contributed by atoms with van der Waals surface area (Å²) in [6.07, 6.45) is 78.4. The van der Waals surface area contributed by atoms with Gasteiger partial charge < -0.3 is 14.2 Å². The van der Waals surface area contributed by atoms with E-state index >= 15 is 0 Å². The van der Waals surface area contributed by atoms with E-state index in [0.717, 1.165) is 89.9 Å². The Balaban J connectivity index is 4.31. The van der Waals surface area contributed by atoms with Gasteiger partial charge >= 0.3 is 17.9 Å². The maximum absolute atomic E-state index is 12.9. The number of esters is 3. The van der Waals surface area contributed by atoms with Gasteiger partial charge in [0, 0.05) is 19.3 Å². The van der Waals surface area contributed by atoms with Gasteiger partial charge in [-0.2, -0.15) is 0 Å². The number of unbranched alkanes of at least 4 members (excludes halogenated alkanes) is 41. The molecular weight excluding hydrogens is 913 g/mol. The van der Waals surface area contributed by atoms with Crippen LogP contribution in [-0.2, 0) is 28.6 Å². The van der Waals surface area contributed by atoms with Crippen LogP contribution in [0.3, 0.4) is 0 Å². The predicted molar refractivity (Wildman–Crippen MR) is 321 cm³/mol. The fourth-order valence-corrected chi connectivity index (χ4v) is 9.69. The van der Waals surface area contributed by atoms with Crippen molar-refractivity contribution in [2.45, 2.75) is 354 Å². The molecule has 1 atom stereocenters. The summed E-state index contributed by atoms with van der Waals surface area (Å²) in [5.74, 6) is -0.873. The van der Waals surface area contributed by atoms with Crippen molar-refractivity contribution < 1.29 is 28.6 Å². The highest BCUT2D eigenvalue weighted by Crippen LogP contribution is 2.18. The minimum absolute atomic E-state index is 0.0762. The van der Waals surface area contributed by atoms with Crippen molar-refractivity contribution in [1.82, 2.24) is 0 Å². The normalized spacial score (nSPS) is 12.3. The van der Waals surface area contributed by atoms with Crippen LogP contribution in [-0.4, -0.2) is 37.2 Å². The fourth-order valence-electron chi connectivity index (χ4n) is 9.69. The first-order valence-corrected chi connectivity index (χ1v) is 32.6. The van der Waals surface area contributed by atoms with Crippen LogP contribution in [0.5, 0.6) is 0 Å². The van der Waals surface area contributed by atoms with E-state index in [-0.39, 0.29) is 31.1 Å². The van der Waals surface area contributed by atoms with Gasteiger partial charge in [0.2, 0.25) is 0 Å². The Labute approximate surface area is 460 Å². The van der Waals surface area contributed by atoms with Gasteiger partial charge in [0.15, 0.2) is 6.10 Å². The average Bonchev–Trinajstić information content (AvgIpc) is 3.40. The average molecular weight is 1040 g/mol. The summed E-state index contributed by atoms with van der Waals surface area (Å²) in [6, 6.07) is 0. The lowest BCUT2D eigenvalue weighted by Gasteiger charge is -2.18. The lowest BCUT2D eigenvalue weighted by atomic mass is 10.0. The van der Waals surface area contributed by atoms with E-state index in [1.165, 1.54) is 218 Å². The lowest BCUT2D eigenvalue weighted by molar-refractivity contribution is -0.167. The Morgan fingerprint density at radius 3 is 0.838 bits per heavy atom. The SMILES string of the molecule is CC/C=C\C/C=C\C/C=C\CCCCCCCCCC(=O)OC(COC(=O)CCCCCCC/C=C\CCCCCCCCC)COC(=O)CCCCCCCCCCCCCCCCCCCCCCCCC. The first-order chi connectivity index (χ1) is 36.5. The molecule has 0 saturated heterocycles. The Hall–Kier alpha value is -2.63. The van der Waals surface area contributed by atoms with Crippen molar-refractivity contribution in [3.05, 3.63) is 48.6 Å². The van der Waals surface area contributed by atoms with E-state index in [4.69, 9.17) is 14.2 Å². The molecule has 0 rings (SSSR count). The maximum Gasteiger partial charge on any atom is 0.306 e. The molecule has 0 aromatic heterocycles. The zero-order valence-corrected chi connectivity index (χ0v) is 49.6. The largest absolute Gasteiger partial charge is 0.462 e. The Morgan fingerprint density at radius 1 is 0.284 bits per heavy atom. The third-order valence-corrected chi connectivity index (χ3v) is 14.6. The lowest BCUT2D eigenvalue weighted by Crippen LogP contribution is -2.30. The molecule has 0 aliphatic rings. The minimum Gasteiger partial charge on any atom is -0.462 e. The Bertz CT molecular complexity index is 1280. The summed E-state index contributed by atoms with van der Waals surface area (Å²) < 4.78 is 16.9. The molecule has 0 bridgehead atoms. The fraction of sp³-hybridized carbons (Fsp3) is 0.838. The molecule has 0 aromatic carbocycles. The van der Waals surface area contributed by atoms with Crippen LogP contribution in [0.4, 0.5) is 0 Å². The van der Waals surface area contributed by atoms with Crippen LogP contribution in [0, 0.1) is 0 Å². The summed E-state index contributed by atoms with van der Waals surface area (Å²) >= 11 is 0.